The normalized spacial score (nSPS) is 10.5. The fourth-order valence-corrected chi connectivity index (χ4v) is 2.78. The zero-order valence-corrected chi connectivity index (χ0v) is 14.3. The van der Waals surface area contributed by atoms with E-state index in [4.69, 9.17) is 15.2 Å². The molecule has 0 fully saturated rings. The van der Waals surface area contributed by atoms with Crippen LogP contribution in [0.4, 0.5) is 14.5 Å². The topological polar surface area (TPSA) is 74.4 Å². The predicted molar refractivity (Wildman–Crippen MR) is 92.8 cm³/mol. The first-order valence-corrected chi connectivity index (χ1v) is 8.43. The van der Waals surface area contributed by atoms with Crippen molar-refractivity contribution in [3.05, 3.63) is 75.7 Å². The van der Waals surface area contributed by atoms with Crippen molar-refractivity contribution in [1.29, 1.82) is 0 Å². The lowest BCUT2D eigenvalue weighted by atomic mass is 10.2. The van der Waals surface area contributed by atoms with E-state index < -0.39 is 11.8 Å². The summed E-state index contributed by atoms with van der Waals surface area (Å²) in [4.78, 5) is 16.3. The largest absolute Gasteiger partial charge is 0.486 e. The van der Waals surface area contributed by atoms with Gasteiger partial charge in [0.15, 0.2) is 0 Å². The van der Waals surface area contributed by atoms with Crippen molar-refractivity contribution in [3.63, 3.8) is 0 Å². The smallest absolute Gasteiger partial charge is 0.340 e. The van der Waals surface area contributed by atoms with Crippen molar-refractivity contribution in [1.82, 2.24) is 4.98 Å². The standard InChI is InChI=1S/C18H14F2N2O3S/c19-11-1-4-14(5-2-11)24-9-17-22-13(10-26-17)8-25-18(23)15-6-3-12(20)7-16(15)21/h1-7,10H,8-9,21H2. The number of esters is 1. The highest BCUT2D eigenvalue weighted by Crippen LogP contribution is 2.18. The summed E-state index contributed by atoms with van der Waals surface area (Å²) in [6.07, 6.45) is 0. The molecule has 0 aliphatic heterocycles. The average molecular weight is 376 g/mol. The summed E-state index contributed by atoms with van der Waals surface area (Å²) < 4.78 is 36.5. The number of nitrogens with two attached hydrogens (primary N) is 1. The maximum Gasteiger partial charge on any atom is 0.340 e. The quantitative estimate of drug-likeness (QED) is 0.521. The van der Waals surface area contributed by atoms with E-state index in [9.17, 15) is 13.6 Å². The summed E-state index contributed by atoms with van der Waals surface area (Å²) in [5.41, 5.74) is 6.28. The Hall–Kier alpha value is -3.00. The first-order valence-electron chi connectivity index (χ1n) is 7.55. The Balaban J connectivity index is 1.53. The molecule has 26 heavy (non-hydrogen) atoms. The fourth-order valence-electron chi connectivity index (χ4n) is 2.09. The van der Waals surface area contributed by atoms with Crippen LogP contribution in [-0.4, -0.2) is 11.0 Å². The Morgan fingerprint density at radius 1 is 1.08 bits per heavy atom. The van der Waals surface area contributed by atoms with E-state index in [0.29, 0.717) is 16.5 Å². The Morgan fingerprint density at radius 3 is 2.54 bits per heavy atom. The van der Waals surface area contributed by atoms with Gasteiger partial charge in [0.25, 0.3) is 0 Å². The molecule has 0 radical (unpaired) electrons. The Kier molecular flexibility index (Phi) is 5.43. The number of hydrogen-bond acceptors (Lipinski definition) is 6. The lowest BCUT2D eigenvalue weighted by Gasteiger charge is -2.06. The third-order valence-electron chi connectivity index (χ3n) is 3.36. The van der Waals surface area contributed by atoms with Crippen LogP contribution in [0.25, 0.3) is 0 Å². The minimum absolute atomic E-state index is 0.0154. The second kappa shape index (κ2) is 7.92. The molecule has 0 atom stereocenters. The van der Waals surface area contributed by atoms with Crippen molar-refractivity contribution < 1.29 is 23.0 Å². The summed E-state index contributed by atoms with van der Waals surface area (Å²) in [5, 5.41) is 2.42. The van der Waals surface area contributed by atoms with Gasteiger partial charge in [-0.05, 0) is 42.5 Å². The molecular weight excluding hydrogens is 362 g/mol. The molecule has 8 heteroatoms. The van der Waals surface area contributed by atoms with Crippen LogP contribution in [0.2, 0.25) is 0 Å². The van der Waals surface area contributed by atoms with Gasteiger partial charge in [0.2, 0.25) is 0 Å². The van der Waals surface area contributed by atoms with Gasteiger partial charge < -0.3 is 15.2 Å². The molecule has 0 saturated carbocycles. The summed E-state index contributed by atoms with van der Waals surface area (Å²) in [6, 6.07) is 9.14. The minimum Gasteiger partial charge on any atom is -0.486 e. The second-order valence-corrected chi connectivity index (χ2v) is 6.23. The molecule has 0 aliphatic rings. The van der Waals surface area contributed by atoms with Gasteiger partial charge in [0.1, 0.15) is 35.6 Å². The average Bonchev–Trinajstić information content (AvgIpc) is 3.07. The van der Waals surface area contributed by atoms with Crippen LogP contribution in [0.1, 0.15) is 21.1 Å². The number of rotatable bonds is 6. The fraction of sp³-hybridized carbons (Fsp3) is 0.111. The van der Waals surface area contributed by atoms with Crippen molar-refractivity contribution in [3.8, 4) is 5.75 Å². The molecule has 5 nitrogen and oxygen atoms in total. The van der Waals surface area contributed by atoms with Crippen molar-refractivity contribution >= 4 is 23.0 Å². The van der Waals surface area contributed by atoms with Crippen LogP contribution in [0.3, 0.4) is 0 Å². The predicted octanol–water partition coefficient (Wildman–Crippen LogP) is 3.94. The maximum absolute atomic E-state index is 13.0. The molecule has 0 aliphatic carbocycles. The van der Waals surface area contributed by atoms with E-state index in [-0.39, 0.29) is 30.3 Å². The van der Waals surface area contributed by atoms with E-state index in [2.05, 4.69) is 4.98 Å². The number of ether oxygens (including phenoxy) is 2. The zero-order valence-electron chi connectivity index (χ0n) is 13.4. The molecule has 2 aromatic carbocycles. The molecule has 0 spiro atoms. The number of carbonyl (C=O) groups excluding carboxylic acids is 1. The summed E-state index contributed by atoms with van der Waals surface area (Å²) in [7, 11) is 0. The maximum atomic E-state index is 13.0. The monoisotopic (exact) mass is 376 g/mol. The van der Waals surface area contributed by atoms with Crippen LogP contribution >= 0.6 is 11.3 Å². The number of aromatic nitrogens is 1. The molecule has 134 valence electrons. The molecular formula is C18H14F2N2O3S. The third kappa shape index (κ3) is 4.54. The van der Waals surface area contributed by atoms with Crippen LogP contribution in [0.15, 0.2) is 47.8 Å². The number of halogens is 2. The van der Waals surface area contributed by atoms with Crippen LogP contribution < -0.4 is 10.5 Å². The highest BCUT2D eigenvalue weighted by Gasteiger charge is 2.13. The lowest BCUT2D eigenvalue weighted by molar-refractivity contribution is 0.0469. The van der Waals surface area contributed by atoms with Gasteiger partial charge in [0.05, 0.1) is 11.3 Å². The van der Waals surface area contributed by atoms with E-state index in [1.807, 2.05) is 0 Å². The highest BCUT2D eigenvalue weighted by molar-refractivity contribution is 7.09. The zero-order chi connectivity index (χ0) is 18.5. The Bertz CT molecular complexity index is 913. The summed E-state index contributed by atoms with van der Waals surface area (Å²) >= 11 is 1.35. The number of nitrogens with zero attached hydrogens (tertiary/aromatic N) is 1. The van der Waals surface area contributed by atoms with Crippen LogP contribution in [0.5, 0.6) is 5.75 Å². The lowest BCUT2D eigenvalue weighted by Crippen LogP contribution is -2.08. The first-order chi connectivity index (χ1) is 12.5. The number of thiazole rings is 1. The first kappa shape index (κ1) is 17.8. The Labute approximate surface area is 152 Å². The van der Waals surface area contributed by atoms with Gasteiger partial charge in [0, 0.05) is 11.1 Å². The van der Waals surface area contributed by atoms with Gasteiger partial charge in [-0.3, -0.25) is 0 Å². The highest BCUT2D eigenvalue weighted by atomic mass is 32.1. The molecule has 0 unspecified atom stereocenters. The van der Waals surface area contributed by atoms with Gasteiger partial charge >= 0.3 is 5.97 Å². The number of anilines is 1. The molecule has 2 N–H and O–H groups in total. The molecule has 0 amide bonds. The summed E-state index contributed by atoms with van der Waals surface area (Å²) in [6.45, 7) is 0.178. The van der Waals surface area contributed by atoms with E-state index >= 15 is 0 Å². The van der Waals surface area contributed by atoms with Gasteiger partial charge in [-0.15, -0.1) is 11.3 Å². The number of hydrogen-bond donors (Lipinski definition) is 1. The van der Waals surface area contributed by atoms with E-state index in [1.54, 1.807) is 5.38 Å². The summed E-state index contributed by atoms with van der Waals surface area (Å²) in [5.74, 6) is -0.984. The molecule has 3 rings (SSSR count). The van der Waals surface area contributed by atoms with Crippen molar-refractivity contribution in [2.75, 3.05) is 5.73 Å². The molecule has 1 heterocycles. The molecule has 0 saturated heterocycles. The van der Waals surface area contributed by atoms with Crippen LogP contribution in [-0.2, 0) is 18.0 Å². The van der Waals surface area contributed by atoms with Crippen LogP contribution in [0, 0.1) is 11.6 Å². The number of nitrogen functional groups attached to an aromatic ring is 1. The minimum atomic E-state index is -0.653. The van der Waals surface area contributed by atoms with E-state index in [0.717, 1.165) is 12.1 Å². The number of benzene rings is 2. The molecule has 3 aromatic rings. The van der Waals surface area contributed by atoms with Gasteiger partial charge in [-0.1, -0.05) is 0 Å². The third-order valence-corrected chi connectivity index (χ3v) is 4.23. The molecule has 0 bridgehead atoms. The van der Waals surface area contributed by atoms with Gasteiger partial charge in [-0.2, -0.15) is 0 Å². The number of carbonyl (C=O) groups is 1. The SMILES string of the molecule is Nc1cc(F)ccc1C(=O)OCc1csc(COc2ccc(F)cc2)n1. The molecule has 1 aromatic heterocycles. The van der Waals surface area contributed by atoms with Crippen molar-refractivity contribution in [2.45, 2.75) is 13.2 Å². The van der Waals surface area contributed by atoms with Crippen molar-refractivity contribution in [2.24, 2.45) is 0 Å². The van der Waals surface area contributed by atoms with E-state index in [1.165, 1.54) is 41.7 Å². The Morgan fingerprint density at radius 2 is 1.81 bits per heavy atom. The van der Waals surface area contributed by atoms with Gasteiger partial charge in [-0.25, -0.2) is 18.6 Å². The second-order valence-electron chi connectivity index (χ2n) is 5.28.